The van der Waals surface area contributed by atoms with E-state index >= 15 is 0 Å². The largest absolute Gasteiger partial charge is 0.465 e. The van der Waals surface area contributed by atoms with Crippen molar-refractivity contribution in [3.8, 4) is 0 Å². The number of ketones is 1. The molecule has 0 aromatic rings. The molecule has 0 spiro atoms. The maximum atomic E-state index is 10.7. The van der Waals surface area contributed by atoms with E-state index in [2.05, 4.69) is 4.74 Å². The first kappa shape index (κ1) is 8.88. The van der Waals surface area contributed by atoms with Gasteiger partial charge in [0, 0.05) is 0 Å². The number of hydrogen-bond acceptors (Lipinski definition) is 3. The molecular weight excluding hydrogens is 132 g/mol. The summed E-state index contributed by atoms with van der Waals surface area (Å²) >= 11 is 0. The van der Waals surface area contributed by atoms with Crippen molar-refractivity contribution in [2.24, 2.45) is 0 Å². The van der Waals surface area contributed by atoms with Gasteiger partial charge in [-0.3, -0.25) is 4.79 Å². The summed E-state index contributed by atoms with van der Waals surface area (Å²) in [7, 11) is 1.24. The SMILES string of the molecule is C/C=C(/C(C)=O)C(=O)OC. The Labute approximate surface area is 59.7 Å². The van der Waals surface area contributed by atoms with Crippen molar-refractivity contribution in [1.29, 1.82) is 0 Å². The summed E-state index contributed by atoms with van der Waals surface area (Å²) in [5.41, 5.74) is 0.0995. The van der Waals surface area contributed by atoms with Crippen LogP contribution in [0.25, 0.3) is 0 Å². The van der Waals surface area contributed by atoms with Crippen LogP contribution in [0, 0.1) is 0 Å². The van der Waals surface area contributed by atoms with Crippen molar-refractivity contribution in [3.05, 3.63) is 11.6 Å². The van der Waals surface area contributed by atoms with E-state index in [1.165, 1.54) is 20.1 Å². The van der Waals surface area contributed by atoms with Crippen LogP contribution in [-0.4, -0.2) is 18.9 Å². The van der Waals surface area contributed by atoms with Gasteiger partial charge in [0.1, 0.15) is 0 Å². The van der Waals surface area contributed by atoms with Gasteiger partial charge in [-0.1, -0.05) is 6.08 Å². The van der Waals surface area contributed by atoms with Gasteiger partial charge in [-0.05, 0) is 13.8 Å². The second-order valence-electron chi connectivity index (χ2n) is 1.75. The normalized spacial score (nSPS) is 10.9. The quantitative estimate of drug-likeness (QED) is 0.246. The predicted molar refractivity (Wildman–Crippen MR) is 36.5 cm³/mol. The first-order chi connectivity index (χ1) is 4.63. The number of carbonyl (C=O) groups is 2. The Kier molecular flexibility index (Phi) is 3.39. The van der Waals surface area contributed by atoms with Gasteiger partial charge < -0.3 is 4.74 Å². The standard InChI is InChI=1S/C7H10O3/c1-4-6(5(2)8)7(9)10-3/h4H,1-3H3/b6-4-. The summed E-state index contributed by atoms with van der Waals surface area (Å²) in [5, 5.41) is 0. The van der Waals surface area contributed by atoms with Gasteiger partial charge in [0.2, 0.25) is 0 Å². The average Bonchev–Trinajstić information content (AvgIpc) is 1.88. The van der Waals surface area contributed by atoms with Gasteiger partial charge in [-0.2, -0.15) is 0 Å². The monoisotopic (exact) mass is 142 g/mol. The van der Waals surface area contributed by atoms with Crippen LogP contribution in [0.15, 0.2) is 11.6 Å². The van der Waals surface area contributed by atoms with Crippen molar-refractivity contribution in [1.82, 2.24) is 0 Å². The zero-order chi connectivity index (χ0) is 8.15. The van der Waals surface area contributed by atoms with E-state index in [-0.39, 0.29) is 11.4 Å². The lowest BCUT2D eigenvalue weighted by atomic mass is 10.2. The van der Waals surface area contributed by atoms with Crippen molar-refractivity contribution in [2.45, 2.75) is 13.8 Å². The Morgan fingerprint density at radius 1 is 1.40 bits per heavy atom. The minimum atomic E-state index is -0.574. The Morgan fingerprint density at radius 3 is 2.00 bits per heavy atom. The minimum absolute atomic E-state index is 0.0995. The number of rotatable bonds is 2. The number of hydrogen-bond donors (Lipinski definition) is 0. The molecule has 0 heterocycles. The number of esters is 1. The summed E-state index contributed by atoms with van der Waals surface area (Å²) in [4.78, 5) is 21.3. The topological polar surface area (TPSA) is 43.4 Å². The number of ether oxygens (including phenoxy) is 1. The van der Waals surface area contributed by atoms with Crippen LogP contribution in [0.2, 0.25) is 0 Å². The summed E-state index contributed by atoms with van der Waals surface area (Å²) in [6.07, 6.45) is 1.44. The molecule has 0 aromatic heterocycles. The molecule has 0 rings (SSSR count). The zero-order valence-corrected chi connectivity index (χ0v) is 6.30. The smallest absolute Gasteiger partial charge is 0.341 e. The van der Waals surface area contributed by atoms with Gasteiger partial charge >= 0.3 is 5.97 Å². The molecule has 0 aromatic carbocycles. The Hall–Kier alpha value is -1.12. The fraction of sp³-hybridized carbons (Fsp3) is 0.429. The fourth-order valence-electron chi connectivity index (χ4n) is 0.575. The second kappa shape index (κ2) is 3.82. The predicted octanol–water partition coefficient (Wildman–Crippen LogP) is 0.695. The maximum absolute atomic E-state index is 10.7. The molecule has 0 radical (unpaired) electrons. The lowest BCUT2D eigenvalue weighted by molar-refractivity contribution is -0.137. The Morgan fingerprint density at radius 2 is 1.90 bits per heavy atom. The van der Waals surface area contributed by atoms with Gasteiger partial charge in [0.05, 0.1) is 12.7 Å². The Balaban J connectivity index is 4.39. The summed E-state index contributed by atoms with van der Waals surface area (Å²) < 4.78 is 4.34. The molecule has 56 valence electrons. The maximum Gasteiger partial charge on any atom is 0.341 e. The molecule has 3 heteroatoms. The van der Waals surface area contributed by atoms with E-state index in [0.29, 0.717) is 0 Å². The van der Waals surface area contributed by atoms with Crippen LogP contribution in [0.1, 0.15) is 13.8 Å². The van der Waals surface area contributed by atoms with Gasteiger partial charge in [-0.25, -0.2) is 4.79 Å². The van der Waals surface area contributed by atoms with Crippen LogP contribution >= 0.6 is 0 Å². The summed E-state index contributed by atoms with van der Waals surface area (Å²) in [6, 6.07) is 0. The van der Waals surface area contributed by atoms with Gasteiger partial charge in [-0.15, -0.1) is 0 Å². The molecule has 0 bridgehead atoms. The molecule has 0 aliphatic rings. The van der Waals surface area contributed by atoms with Gasteiger partial charge in [0.25, 0.3) is 0 Å². The summed E-state index contributed by atoms with van der Waals surface area (Å²) in [5.74, 6) is -0.843. The van der Waals surface area contributed by atoms with E-state index in [1.54, 1.807) is 6.92 Å². The number of allylic oxidation sites excluding steroid dienone is 1. The second-order valence-corrected chi connectivity index (χ2v) is 1.75. The van der Waals surface area contributed by atoms with E-state index < -0.39 is 5.97 Å². The van der Waals surface area contributed by atoms with E-state index in [9.17, 15) is 9.59 Å². The molecule has 0 N–H and O–H groups in total. The van der Waals surface area contributed by atoms with Crippen LogP contribution in [0.4, 0.5) is 0 Å². The average molecular weight is 142 g/mol. The molecule has 0 saturated heterocycles. The minimum Gasteiger partial charge on any atom is -0.465 e. The first-order valence-electron chi connectivity index (χ1n) is 2.89. The lowest BCUT2D eigenvalue weighted by Gasteiger charge is -1.97. The molecule has 0 amide bonds. The molecular formula is C7H10O3. The van der Waals surface area contributed by atoms with Crippen molar-refractivity contribution in [3.63, 3.8) is 0 Å². The van der Waals surface area contributed by atoms with Crippen molar-refractivity contribution in [2.75, 3.05) is 7.11 Å². The van der Waals surface area contributed by atoms with Crippen LogP contribution in [0.3, 0.4) is 0 Å². The van der Waals surface area contributed by atoms with E-state index in [4.69, 9.17) is 0 Å². The fourth-order valence-corrected chi connectivity index (χ4v) is 0.575. The van der Waals surface area contributed by atoms with Crippen LogP contribution < -0.4 is 0 Å². The lowest BCUT2D eigenvalue weighted by Crippen LogP contribution is -2.10. The number of methoxy groups -OCH3 is 1. The highest BCUT2D eigenvalue weighted by atomic mass is 16.5. The molecule has 3 nitrogen and oxygen atoms in total. The highest BCUT2D eigenvalue weighted by molar-refractivity contribution is 6.16. The van der Waals surface area contributed by atoms with Crippen molar-refractivity contribution >= 4 is 11.8 Å². The third-order valence-corrected chi connectivity index (χ3v) is 1.07. The zero-order valence-electron chi connectivity index (χ0n) is 6.30. The van der Waals surface area contributed by atoms with E-state index in [0.717, 1.165) is 0 Å². The third-order valence-electron chi connectivity index (χ3n) is 1.07. The highest BCUT2D eigenvalue weighted by Gasteiger charge is 2.11. The van der Waals surface area contributed by atoms with E-state index in [1.807, 2.05) is 0 Å². The summed E-state index contributed by atoms with van der Waals surface area (Å²) in [6.45, 7) is 2.94. The molecule has 0 aliphatic carbocycles. The molecule has 0 fully saturated rings. The molecule has 0 unspecified atom stereocenters. The van der Waals surface area contributed by atoms with Crippen LogP contribution in [-0.2, 0) is 14.3 Å². The number of Topliss-reactive ketones (excluding diaryl/α,β-unsaturated/α-hetero) is 1. The van der Waals surface area contributed by atoms with Crippen LogP contribution in [0.5, 0.6) is 0 Å². The third kappa shape index (κ3) is 2.01. The molecule has 10 heavy (non-hydrogen) atoms. The number of carbonyl (C=O) groups excluding carboxylic acids is 2. The van der Waals surface area contributed by atoms with Crippen molar-refractivity contribution < 1.29 is 14.3 Å². The molecule has 0 saturated carbocycles. The molecule has 0 atom stereocenters. The molecule has 0 aliphatic heterocycles. The highest BCUT2D eigenvalue weighted by Crippen LogP contribution is 1.97. The first-order valence-corrected chi connectivity index (χ1v) is 2.89. The van der Waals surface area contributed by atoms with Gasteiger partial charge in [0.15, 0.2) is 5.78 Å². The Bertz CT molecular complexity index is 179.